The molecule has 0 spiro atoms. The first kappa shape index (κ1) is 22.3. The average Bonchev–Trinajstić information content (AvgIpc) is 2.94. The van der Waals surface area contributed by atoms with E-state index in [1.807, 2.05) is 11.8 Å². The maximum absolute atomic E-state index is 12.8. The van der Waals surface area contributed by atoms with Crippen LogP contribution in [0, 0.1) is 12.8 Å². The molecular formula is C23H37N3O2. The van der Waals surface area contributed by atoms with Crippen molar-refractivity contribution in [1.82, 2.24) is 10.2 Å². The zero-order valence-electron chi connectivity index (χ0n) is 18.3. The van der Waals surface area contributed by atoms with Gasteiger partial charge in [-0.15, -0.1) is 0 Å². The molecule has 1 fully saturated rings. The molecule has 1 saturated heterocycles. The number of likely N-dealkylation sites (tertiary alicyclic amines) is 1. The Bertz CT molecular complexity index is 674. The third-order valence-electron chi connectivity index (χ3n) is 5.78. The van der Waals surface area contributed by atoms with Crippen LogP contribution < -0.4 is 10.2 Å². The predicted octanol–water partition coefficient (Wildman–Crippen LogP) is 3.75. The summed E-state index contributed by atoms with van der Waals surface area (Å²) in [6.45, 7) is 13.5. The van der Waals surface area contributed by atoms with Crippen LogP contribution in [0.5, 0.6) is 0 Å². The number of aryl methyl sites for hydroxylation is 1. The number of rotatable bonds is 10. The number of carbonyl (C=O) groups is 2. The van der Waals surface area contributed by atoms with Gasteiger partial charge in [-0.2, -0.15) is 0 Å². The quantitative estimate of drug-likeness (QED) is 0.665. The van der Waals surface area contributed by atoms with Crippen LogP contribution in [0.3, 0.4) is 0 Å². The van der Waals surface area contributed by atoms with Gasteiger partial charge < -0.3 is 15.1 Å². The Balaban J connectivity index is 1.94. The fourth-order valence-electron chi connectivity index (χ4n) is 3.88. The Labute approximate surface area is 170 Å². The molecule has 0 aliphatic carbocycles. The van der Waals surface area contributed by atoms with Crippen LogP contribution in [-0.2, 0) is 9.59 Å². The van der Waals surface area contributed by atoms with Crippen molar-refractivity contribution in [2.24, 2.45) is 5.92 Å². The summed E-state index contributed by atoms with van der Waals surface area (Å²) in [5.41, 5.74) is 1.75. The van der Waals surface area contributed by atoms with Gasteiger partial charge in [0.15, 0.2) is 0 Å². The van der Waals surface area contributed by atoms with E-state index in [0.717, 1.165) is 25.9 Å². The van der Waals surface area contributed by atoms with Gasteiger partial charge >= 0.3 is 0 Å². The fourth-order valence-corrected chi connectivity index (χ4v) is 3.88. The predicted molar refractivity (Wildman–Crippen MR) is 115 cm³/mol. The van der Waals surface area contributed by atoms with Crippen molar-refractivity contribution in [1.29, 1.82) is 0 Å². The normalized spacial score (nSPS) is 19.4. The highest BCUT2D eigenvalue weighted by atomic mass is 16.2. The summed E-state index contributed by atoms with van der Waals surface area (Å²) >= 11 is 0. The lowest BCUT2D eigenvalue weighted by Crippen LogP contribution is -2.55. The van der Waals surface area contributed by atoms with E-state index in [0.29, 0.717) is 31.8 Å². The molecule has 1 aromatic carbocycles. The largest absolute Gasteiger partial charge is 0.372 e. The standard InChI is InChI=1S/C23H37N3O2/c1-6-25(20-10-7-9-19(4)17-20)15-8-16-26-21(27)11-13-23(26,5)22(28)24-14-12-18(2)3/h7,9-10,17-18H,6,8,11-16H2,1-5H3,(H,24,28)/t23-/m0/s1. The van der Waals surface area contributed by atoms with Crippen LogP contribution in [0.1, 0.15) is 58.9 Å². The molecule has 0 saturated carbocycles. The lowest BCUT2D eigenvalue weighted by atomic mass is 9.97. The molecule has 0 unspecified atom stereocenters. The van der Waals surface area contributed by atoms with Gasteiger partial charge in [-0.1, -0.05) is 26.0 Å². The lowest BCUT2D eigenvalue weighted by molar-refractivity contribution is -0.140. The van der Waals surface area contributed by atoms with Gasteiger partial charge in [0.05, 0.1) is 0 Å². The number of benzene rings is 1. The molecule has 1 heterocycles. The molecule has 1 aliphatic rings. The van der Waals surface area contributed by atoms with Crippen molar-refractivity contribution in [2.75, 3.05) is 31.1 Å². The van der Waals surface area contributed by atoms with Crippen LogP contribution in [0.2, 0.25) is 0 Å². The van der Waals surface area contributed by atoms with Gasteiger partial charge in [0, 0.05) is 38.3 Å². The first-order chi connectivity index (χ1) is 13.3. The summed E-state index contributed by atoms with van der Waals surface area (Å²) in [5.74, 6) is 0.640. The van der Waals surface area contributed by atoms with Crippen molar-refractivity contribution >= 4 is 17.5 Å². The second-order valence-corrected chi connectivity index (χ2v) is 8.53. The van der Waals surface area contributed by atoms with Gasteiger partial charge in [-0.25, -0.2) is 0 Å². The van der Waals surface area contributed by atoms with E-state index in [9.17, 15) is 9.59 Å². The molecular weight excluding hydrogens is 350 g/mol. The Kier molecular flexibility index (Phi) is 7.90. The molecule has 2 amide bonds. The minimum absolute atomic E-state index is 0.00923. The van der Waals surface area contributed by atoms with Crippen molar-refractivity contribution in [3.63, 3.8) is 0 Å². The highest BCUT2D eigenvalue weighted by Gasteiger charge is 2.46. The van der Waals surface area contributed by atoms with E-state index in [1.165, 1.54) is 11.3 Å². The van der Waals surface area contributed by atoms with Crippen molar-refractivity contribution in [2.45, 2.75) is 65.8 Å². The van der Waals surface area contributed by atoms with Crippen LogP contribution in [0.25, 0.3) is 0 Å². The second kappa shape index (κ2) is 9.94. The first-order valence-corrected chi connectivity index (χ1v) is 10.7. The van der Waals surface area contributed by atoms with Crippen LogP contribution in [0.15, 0.2) is 24.3 Å². The van der Waals surface area contributed by atoms with Gasteiger partial charge in [0.25, 0.3) is 0 Å². The molecule has 28 heavy (non-hydrogen) atoms. The van der Waals surface area contributed by atoms with Crippen LogP contribution in [0.4, 0.5) is 5.69 Å². The lowest BCUT2D eigenvalue weighted by Gasteiger charge is -2.35. The number of carbonyl (C=O) groups excluding carboxylic acids is 2. The monoisotopic (exact) mass is 387 g/mol. The van der Waals surface area contributed by atoms with E-state index in [4.69, 9.17) is 0 Å². The smallest absolute Gasteiger partial charge is 0.245 e. The van der Waals surface area contributed by atoms with Crippen LogP contribution >= 0.6 is 0 Å². The van der Waals surface area contributed by atoms with Crippen LogP contribution in [-0.4, -0.2) is 48.4 Å². The fraction of sp³-hybridized carbons (Fsp3) is 0.652. The van der Waals surface area contributed by atoms with E-state index < -0.39 is 5.54 Å². The summed E-state index contributed by atoms with van der Waals surface area (Å²) in [5, 5.41) is 3.05. The van der Waals surface area contributed by atoms with E-state index >= 15 is 0 Å². The molecule has 5 heteroatoms. The number of nitrogens with zero attached hydrogens (tertiary/aromatic N) is 2. The molecule has 156 valence electrons. The third kappa shape index (κ3) is 5.49. The summed E-state index contributed by atoms with van der Waals surface area (Å²) < 4.78 is 0. The van der Waals surface area contributed by atoms with E-state index in [1.54, 1.807) is 0 Å². The number of amides is 2. The number of hydrogen-bond donors (Lipinski definition) is 1. The summed E-state index contributed by atoms with van der Waals surface area (Å²) in [6, 6.07) is 8.50. The van der Waals surface area contributed by atoms with E-state index in [2.05, 4.69) is 62.2 Å². The zero-order chi connectivity index (χ0) is 20.7. The van der Waals surface area contributed by atoms with Gasteiger partial charge in [-0.05, 0) is 63.6 Å². The second-order valence-electron chi connectivity index (χ2n) is 8.53. The Hall–Kier alpha value is -2.04. The van der Waals surface area contributed by atoms with E-state index in [-0.39, 0.29) is 11.8 Å². The minimum Gasteiger partial charge on any atom is -0.372 e. The highest BCUT2D eigenvalue weighted by Crippen LogP contribution is 2.30. The number of hydrogen-bond acceptors (Lipinski definition) is 3. The molecule has 0 aromatic heterocycles. The first-order valence-electron chi connectivity index (χ1n) is 10.7. The third-order valence-corrected chi connectivity index (χ3v) is 5.78. The average molecular weight is 388 g/mol. The minimum atomic E-state index is -0.714. The molecule has 2 rings (SSSR count). The highest BCUT2D eigenvalue weighted by molar-refractivity contribution is 5.94. The summed E-state index contributed by atoms with van der Waals surface area (Å²) in [7, 11) is 0. The van der Waals surface area contributed by atoms with Gasteiger partial charge in [0.2, 0.25) is 11.8 Å². The Morgan fingerprint density at radius 1 is 1.36 bits per heavy atom. The summed E-state index contributed by atoms with van der Waals surface area (Å²) in [6.07, 6.45) is 2.87. The van der Waals surface area contributed by atoms with Gasteiger partial charge in [-0.3, -0.25) is 9.59 Å². The molecule has 1 aromatic rings. The maximum atomic E-state index is 12.8. The molecule has 0 radical (unpaired) electrons. The van der Waals surface area contributed by atoms with Crippen molar-refractivity contribution < 1.29 is 9.59 Å². The van der Waals surface area contributed by atoms with Crippen molar-refractivity contribution in [3.8, 4) is 0 Å². The molecule has 1 aliphatic heterocycles. The Morgan fingerprint density at radius 3 is 2.75 bits per heavy atom. The molecule has 1 atom stereocenters. The molecule has 1 N–H and O–H groups in total. The summed E-state index contributed by atoms with van der Waals surface area (Å²) in [4.78, 5) is 29.4. The topological polar surface area (TPSA) is 52.7 Å². The van der Waals surface area contributed by atoms with Crippen molar-refractivity contribution in [3.05, 3.63) is 29.8 Å². The number of nitrogens with one attached hydrogen (secondary N) is 1. The zero-order valence-corrected chi connectivity index (χ0v) is 18.3. The Morgan fingerprint density at radius 2 is 2.11 bits per heavy atom. The van der Waals surface area contributed by atoms with Gasteiger partial charge in [0.1, 0.15) is 5.54 Å². The molecule has 5 nitrogen and oxygen atoms in total. The maximum Gasteiger partial charge on any atom is 0.245 e. The SMILES string of the molecule is CCN(CCCN1C(=O)CC[C@@]1(C)C(=O)NCCC(C)C)c1cccc(C)c1. The number of anilines is 1. The molecule has 0 bridgehead atoms.